The highest BCUT2D eigenvalue weighted by Crippen LogP contribution is 2.19. The predicted molar refractivity (Wildman–Crippen MR) is 67.5 cm³/mol. The van der Waals surface area contributed by atoms with Gasteiger partial charge in [0.15, 0.2) is 0 Å². The Morgan fingerprint density at radius 1 is 1.29 bits per heavy atom. The molecular formula is C13H19NO3. The van der Waals surface area contributed by atoms with E-state index in [4.69, 9.17) is 9.47 Å². The van der Waals surface area contributed by atoms with E-state index in [1.165, 1.54) is 6.92 Å². The Morgan fingerprint density at radius 3 is 2.71 bits per heavy atom. The summed E-state index contributed by atoms with van der Waals surface area (Å²) in [5.41, 5.74) is 1.10. The maximum Gasteiger partial charge on any atom is 0.302 e. The minimum absolute atomic E-state index is 0.250. The van der Waals surface area contributed by atoms with Crippen molar-refractivity contribution in [1.82, 2.24) is 0 Å². The lowest BCUT2D eigenvalue weighted by molar-refractivity contribution is -0.141. The molecule has 0 aliphatic rings. The summed E-state index contributed by atoms with van der Waals surface area (Å²) in [7, 11) is 3.97. The monoisotopic (exact) mass is 237 g/mol. The van der Waals surface area contributed by atoms with Gasteiger partial charge in [-0.2, -0.15) is 0 Å². The van der Waals surface area contributed by atoms with Crippen LogP contribution in [0.1, 0.15) is 13.3 Å². The summed E-state index contributed by atoms with van der Waals surface area (Å²) in [5, 5.41) is 0. The van der Waals surface area contributed by atoms with Crippen LogP contribution in [-0.2, 0) is 9.53 Å². The molecule has 0 atom stereocenters. The molecule has 1 aromatic rings. The first kappa shape index (κ1) is 13.4. The summed E-state index contributed by atoms with van der Waals surface area (Å²) in [6.07, 6.45) is 0.700. The first-order valence-electron chi connectivity index (χ1n) is 5.63. The number of esters is 1. The van der Waals surface area contributed by atoms with Crippen molar-refractivity contribution in [3.63, 3.8) is 0 Å². The molecule has 0 aliphatic carbocycles. The van der Waals surface area contributed by atoms with E-state index in [1.807, 2.05) is 43.3 Å². The fourth-order valence-electron chi connectivity index (χ4n) is 1.32. The van der Waals surface area contributed by atoms with Crippen molar-refractivity contribution in [2.24, 2.45) is 0 Å². The number of ether oxygens (including phenoxy) is 2. The maximum absolute atomic E-state index is 10.5. The second-order valence-electron chi connectivity index (χ2n) is 3.93. The van der Waals surface area contributed by atoms with Gasteiger partial charge in [0, 0.05) is 39.2 Å². The van der Waals surface area contributed by atoms with Crippen molar-refractivity contribution < 1.29 is 14.3 Å². The molecule has 4 nitrogen and oxygen atoms in total. The molecule has 0 unspecified atom stereocenters. The Labute approximate surface area is 102 Å². The summed E-state index contributed by atoms with van der Waals surface area (Å²) >= 11 is 0. The zero-order valence-corrected chi connectivity index (χ0v) is 10.6. The third kappa shape index (κ3) is 5.24. The largest absolute Gasteiger partial charge is 0.493 e. The smallest absolute Gasteiger partial charge is 0.302 e. The predicted octanol–water partition coefficient (Wildman–Crippen LogP) is 2.08. The molecule has 4 heteroatoms. The van der Waals surface area contributed by atoms with Gasteiger partial charge in [0.25, 0.3) is 0 Å². The highest BCUT2D eigenvalue weighted by molar-refractivity contribution is 5.65. The highest BCUT2D eigenvalue weighted by Gasteiger charge is 1.99. The van der Waals surface area contributed by atoms with Crippen LogP contribution in [0.5, 0.6) is 5.75 Å². The van der Waals surface area contributed by atoms with Crippen LogP contribution in [0.2, 0.25) is 0 Å². The van der Waals surface area contributed by atoms with Gasteiger partial charge in [0.05, 0.1) is 13.2 Å². The zero-order valence-electron chi connectivity index (χ0n) is 10.6. The van der Waals surface area contributed by atoms with Crippen LogP contribution in [0.4, 0.5) is 5.69 Å². The van der Waals surface area contributed by atoms with E-state index in [-0.39, 0.29) is 5.97 Å². The van der Waals surface area contributed by atoms with Gasteiger partial charge in [-0.15, -0.1) is 0 Å². The summed E-state index contributed by atoms with van der Waals surface area (Å²) in [6.45, 7) is 2.36. The molecule has 1 aromatic carbocycles. The Morgan fingerprint density at radius 2 is 2.06 bits per heavy atom. The highest BCUT2D eigenvalue weighted by atomic mass is 16.5. The van der Waals surface area contributed by atoms with E-state index in [2.05, 4.69) is 0 Å². The van der Waals surface area contributed by atoms with Crippen LogP contribution in [0.15, 0.2) is 24.3 Å². The average molecular weight is 237 g/mol. The van der Waals surface area contributed by atoms with Crippen LogP contribution in [0, 0.1) is 0 Å². The van der Waals surface area contributed by atoms with E-state index in [9.17, 15) is 4.79 Å². The van der Waals surface area contributed by atoms with Gasteiger partial charge in [-0.25, -0.2) is 0 Å². The van der Waals surface area contributed by atoms with E-state index in [0.29, 0.717) is 19.6 Å². The Hall–Kier alpha value is -1.71. The topological polar surface area (TPSA) is 38.8 Å². The van der Waals surface area contributed by atoms with E-state index in [1.54, 1.807) is 0 Å². The van der Waals surface area contributed by atoms with Gasteiger partial charge in [0.1, 0.15) is 5.75 Å². The van der Waals surface area contributed by atoms with E-state index in [0.717, 1.165) is 11.4 Å². The van der Waals surface area contributed by atoms with Gasteiger partial charge in [-0.05, 0) is 12.1 Å². The second kappa shape index (κ2) is 6.78. The van der Waals surface area contributed by atoms with E-state index >= 15 is 0 Å². The number of carbonyl (C=O) groups excluding carboxylic acids is 1. The van der Waals surface area contributed by atoms with Crippen LogP contribution >= 0.6 is 0 Å². The third-order valence-electron chi connectivity index (χ3n) is 2.20. The molecule has 0 heterocycles. The van der Waals surface area contributed by atoms with Crippen molar-refractivity contribution in [1.29, 1.82) is 0 Å². The number of hydrogen-bond acceptors (Lipinski definition) is 4. The second-order valence-corrected chi connectivity index (χ2v) is 3.93. The zero-order chi connectivity index (χ0) is 12.7. The number of benzene rings is 1. The first-order valence-corrected chi connectivity index (χ1v) is 5.63. The molecule has 94 valence electrons. The van der Waals surface area contributed by atoms with E-state index < -0.39 is 0 Å². The summed E-state index contributed by atoms with van der Waals surface area (Å²) in [5.74, 6) is 0.582. The molecule has 0 aliphatic heterocycles. The Balaban J connectivity index is 2.31. The number of carbonyl (C=O) groups is 1. The third-order valence-corrected chi connectivity index (χ3v) is 2.20. The molecule has 0 fully saturated rings. The fraction of sp³-hybridized carbons (Fsp3) is 0.462. The molecule has 0 saturated heterocycles. The minimum atomic E-state index is -0.250. The molecule has 17 heavy (non-hydrogen) atoms. The number of hydrogen-bond donors (Lipinski definition) is 0. The molecule has 0 spiro atoms. The molecule has 0 saturated carbocycles. The molecule has 0 aromatic heterocycles. The minimum Gasteiger partial charge on any atom is -0.493 e. The SMILES string of the molecule is CC(=O)OCCCOc1cccc(N(C)C)c1. The summed E-state index contributed by atoms with van der Waals surface area (Å²) in [6, 6.07) is 7.87. The maximum atomic E-state index is 10.5. The summed E-state index contributed by atoms with van der Waals surface area (Å²) in [4.78, 5) is 12.5. The van der Waals surface area contributed by atoms with Crippen LogP contribution in [0.3, 0.4) is 0 Å². The van der Waals surface area contributed by atoms with Crippen LogP contribution in [-0.4, -0.2) is 33.3 Å². The van der Waals surface area contributed by atoms with Crippen molar-refractivity contribution in [2.45, 2.75) is 13.3 Å². The van der Waals surface area contributed by atoms with Gasteiger partial charge < -0.3 is 14.4 Å². The lowest BCUT2D eigenvalue weighted by atomic mass is 10.3. The lowest BCUT2D eigenvalue weighted by Gasteiger charge is -2.14. The van der Waals surface area contributed by atoms with Crippen molar-refractivity contribution >= 4 is 11.7 Å². The van der Waals surface area contributed by atoms with Gasteiger partial charge in [0.2, 0.25) is 0 Å². The van der Waals surface area contributed by atoms with Gasteiger partial charge >= 0.3 is 5.97 Å². The standard InChI is InChI=1S/C13H19NO3/c1-11(15)16-8-5-9-17-13-7-4-6-12(10-13)14(2)3/h4,6-7,10H,5,8-9H2,1-3H3. The van der Waals surface area contributed by atoms with Gasteiger partial charge in [-0.3, -0.25) is 4.79 Å². The normalized spacial score (nSPS) is 9.82. The molecular weight excluding hydrogens is 218 g/mol. The number of rotatable bonds is 6. The summed E-state index contributed by atoms with van der Waals surface area (Å²) < 4.78 is 10.4. The quantitative estimate of drug-likeness (QED) is 0.561. The molecule has 0 amide bonds. The molecule has 0 N–H and O–H groups in total. The number of anilines is 1. The Bertz CT molecular complexity index is 363. The molecule has 0 radical (unpaired) electrons. The lowest BCUT2D eigenvalue weighted by Crippen LogP contribution is -2.09. The number of nitrogens with zero attached hydrogens (tertiary/aromatic N) is 1. The fourth-order valence-corrected chi connectivity index (χ4v) is 1.32. The van der Waals surface area contributed by atoms with Gasteiger partial charge in [-0.1, -0.05) is 6.07 Å². The average Bonchev–Trinajstić information content (AvgIpc) is 2.28. The van der Waals surface area contributed by atoms with Crippen LogP contribution in [0.25, 0.3) is 0 Å². The van der Waals surface area contributed by atoms with Crippen molar-refractivity contribution in [3.05, 3.63) is 24.3 Å². The molecule has 1 rings (SSSR count). The Kier molecular flexibility index (Phi) is 5.33. The first-order chi connectivity index (χ1) is 8.09. The van der Waals surface area contributed by atoms with Crippen molar-refractivity contribution in [3.8, 4) is 5.75 Å². The molecule has 0 bridgehead atoms. The van der Waals surface area contributed by atoms with Crippen LogP contribution < -0.4 is 9.64 Å². The van der Waals surface area contributed by atoms with Crippen molar-refractivity contribution in [2.75, 3.05) is 32.2 Å².